The predicted molar refractivity (Wildman–Crippen MR) is 60.6 cm³/mol. The smallest absolute Gasteiger partial charge is 0.171 e. The largest absolute Gasteiger partial charge is 0.352 e. The van der Waals surface area contributed by atoms with Gasteiger partial charge in [-0.05, 0) is 34.6 Å². The van der Waals surface area contributed by atoms with Gasteiger partial charge in [-0.2, -0.15) is 0 Å². The van der Waals surface area contributed by atoms with E-state index in [-0.39, 0.29) is 5.75 Å². The van der Waals surface area contributed by atoms with Crippen LogP contribution in [0.3, 0.4) is 0 Å². The molecule has 0 radical (unpaired) electrons. The highest BCUT2D eigenvalue weighted by Gasteiger charge is 2.32. The normalized spacial score (nSPS) is 13.5. The lowest BCUT2D eigenvalue weighted by molar-refractivity contribution is -0.121. The first kappa shape index (κ1) is 14.9. The standard InChI is InChI=1S/C10H22O4S/c1-6-13-9(14-7-2)8-15(11,12)10(3,4)5/h9H,6-8H2,1-5H3. The fourth-order valence-electron chi connectivity index (χ4n) is 0.945. The molecule has 0 aliphatic carbocycles. The Morgan fingerprint density at radius 1 is 1.07 bits per heavy atom. The molecule has 92 valence electrons. The molecular weight excluding hydrogens is 216 g/mol. The Morgan fingerprint density at radius 3 is 1.73 bits per heavy atom. The highest BCUT2D eigenvalue weighted by Crippen LogP contribution is 2.18. The van der Waals surface area contributed by atoms with Crippen molar-refractivity contribution in [3.05, 3.63) is 0 Å². The average Bonchev–Trinajstić information content (AvgIpc) is 2.02. The third-order valence-electron chi connectivity index (χ3n) is 1.99. The van der Waals surface area contributed by atoms with Gasteiger partial charge in [-0.15, -0.1) is 0 Å². The summed E-state index contributed by atoms with van der Waals surface area (Å²) in [6.45, 7) is 9.56. The fraction of sp³-hybridized carbons (Fsp3) is 1.00. The van der Waals surface area contributed by atoms with Crippen LogP contribution in [0.25, 0.3) is 0 Å². The SMILES string of the molecule is CCOC(CS(=O)(=O)C(C)(C)C)OCC. The molecule has 0 saturated heterocycles. The summed E-state index contributed by atoms with van der Waals surface area (Å²) in [6.07, 6.45) is -0.649. The molecule has 0 aromatic carbocycles. The highest BCUT2D eigenvalue weighted by atomic mass is 32.2. The van der Waals surface area contributed by atoms with Gasteiger partial charge < -0.3 is 9.47 Å². The molecule has 0 fully saturated rings. The second-order valence-electron chi connectivity index (χ2n) is 4.23. The van der Waals surface area contributed by atoms with Crippen molar-refractivity contribution >= 4 is 9.84 Å². The van der Waals surface area contributed by atoms with Gasteiger partial charge in [0.15, 0.2) is 16.1 Å². The number of hydrogen-bond donors (Lipinski definition) is 0. The maximum atomic E-state index is 11.9. The van der Waals surface area contributed by atoms with Crippen LogP contribution in [-0.2, 0) is 19.3 Å². The van der Waals surface area contributed by atoms with Gasteiger partial charge in [-0.25, -0.2) is 8.42 Å². The molecule has 0 aliphatic heterocycles. The summed E-state index contributed by atoms with van der Waals surface area (Å²) in [5.41, 5.74) is 0. The van der Waals surface area contributed by atoms with E-state index in [0.29, 0.717) is 13.2 Å². The van der Waals surface area contributed by atoms with Gasteiger partial charge in [-0.3, -0.25) is 0 Å². The topological polar surface area (TPSA) is 52.6 Å². The quantitative estimate of drug-likeness (QED) is 0.660. The Morgan fingerprint density at radius 2 is 1.47 bits per heavy atom. The van der Waals surface area contributed by atoms with Crippen LogP contribution < -0.4 is 0 Å². The van der Waals surface area contributed by atoms with Crippen molar-refractivity contribution in [3.63, 3.8) is 0 Å². The van der Waals surface area contributed by atoms with Crippen molar-refractivity contribution < 1.29 is 17.9 Å². The third-order valence-corrected chi connectivity index (χ3v) is 4.57. The molecule has 0 heterocycles. The second-order valence-corrected chi connectivity index (χ2v) is 7.02. The van der Waals surface area contributed by atoms with Crippen LogP contribution in [-0.4, -0.2) is 38.4 Å². The Labute approximate surface area is 92.9 Å². The van der Waals surface area contributed by atoms with E-state index in [0.717, 1.165) is 0 Å². The number of rotatable bonds is 6. The van der Waals surface area contributed by atoms with Gasteiger partial charge >= 0.3 is 0 Å². The lowest BCUT2D eigenvalue weighted by atomic mass is 10.3. The summed E-state index contributed by atoms with van der Waals surface area (Å²) < 4.78 is 33.4. The lowest BCUT2D eigenvalue weighted by Gasteiger charge is -2.23. The zero-order valence-corrected chi connectivity index (χ0v) is 11.1. The van der Waals surface area contributed by atoms with Crippen molar-refractivity contribution in [1.29, 1.82) is 0 Å². The molecule has 0 spiro atoms. The Bertz CT molecular complexity index is 258. The molecule has 4 nitrogen and oxygen atoms in total. The van der Waals surface area contributed by atoms with Crippen LogP contribution in [0.1, 0.15) is 34.6 Å². The van der Waals surface area contributed by atoms with E-state index < -0.39 is 20.9 Å². The van der Waals surface area contributed by atoms with Crippen molar-refractivity contribution in [2.24, 2.45) is 0 Å². The van der Waals surface area contributed by atoms with E-state index in [1.807, 2.05) is 13.8 Å². The van der Waals surface area contributed by atoms with Gasteiger partial charge in [0.05, 0.1) is 4.75 Å². The van der Waals surface area contributed by atoms with Crippen LogP contribution in [0.15, 0.2) is 0 Å². The van der Waals surface area contributed by atoms with E-state index in [1.165, 1.54) is 0 Å². The predicted octanol–water partition coefficient (Wildman–Crippen LogP) is 1.60. The monoisotopic (exact) mass is 238 g/mol. The molecule has 0 rings (SSSR count). The van der Waals surface area contributed by atoms with Crippen molar-refractivity contribution in [2.75, 3.05) is 19.0 Å². The van der Waals surface area contributed by atoms with Gasteiger partial charge in [-0.1, -0.05) is 0 Å². The summed E-state index contributed by atoms with van der Waals surface area (Å²) in [7, 11) is -3.19. The molecule has 0 saturated carbocycles. The molecule has 5 heteroatoms. The van der Waals surface area contributed by atoms with Crippen LogP contribution in [0.5, 0.6) is 0 Å². The van der Waals surface area contributed by atoms with Crippen LogP contribution in [0.2, 0.25) is 0 Å². The maximum absolute atomic E-state index is 11.9. The number of hydrogen-bond acceptors (Lipinski definition) is 4. The van der Waals surface area contributed by atoms with E-state index in [4.69, 9.17) is 9.47 Å². The summed E-state index contributed by atoms with van der Waals surface area (Å²) in [4.78, 5) is 0. The van der Waals surface area contributed by atoms with Crippen molar-refractivity contribution in [3.8, 4) is 0 Å². The first-order valence-corrected chi connectivity index (χ1v) is 6.85. The minimum atomic E-state index is -3.19. The molecule has 15 heavy (non-hydrogen) atoms. The minimum absolute atomic E-state index is 0.0851. The average molecular weight is 238 g/mol. The molecule has 0 aromatic rings. The molecule has 0 bridgehead atoms. The molecule has 0 atom stereocenters. The zero-order valence-electron chi connectivity index (χ0n) is 10.2. The molecular formula is C10H22O4S. The number of ether oxygens (including phenoxy) is 2. The van der Waals surface area contributed by atoms with Gasteiger partial charge in [0.2, 0.25) is 0 Å². The first-order chi connectivity index (χ1) is 6.74. The summed E-state index contributed by atoms with van der Waals surface area (Å²) >= 11 is 0. The second kappa shape index (κ2) is 5.82. The molecule has 0 aromatic heterocycles. The van der Waals surface area contributed by atoms with Crippen LogP contribution >= 0.6 is 0 Å². The molecule has 0 amide bonds. The van der Waals surface area contributed by atoms with Crippen LogP contribution in [0.4, 0.5) is 0 Å². The Balaban J connectivity index is 4.53. The Kier molecular flexibility index (Phi) is 5.77. The van der Waals surface area contributed by atoms with E-state index in [9.17, 15) is 8.42 Å². The Hall–Kier alpha value is -0.130. The van der Waals surface area contributed by atoms with Gasteiger partial charge in [0.25, 0.3) is 0 Å². The third kappa shape index (κ3) is 4.95. The molecule has 0 unspecified atom stereocenters. The van der Waals surface area contributed by atoms with E-state index in [2.05, 4.69) is 0 Å². The van der Waals surface area contributed by atoms with E-state index in [1.54, 1.807) is 20.8 Å². The van der Waals surface area contributed by atoms with E-state index >= 15 is 0 Å². The summed E-state index contributed by atoms with van der Waals surface area (Å²) in [5.74, 6) is -0.0851. The summed E-state index contributed by atoms with van der Waals surface area (Å²) in [5, 5.41) is 0. The minimum Gasteiger partial charge on any atom is -0.352 e. The van der Waals surface area contributed by atoms with Crippen molar-refractivity contribution in [2.45, 2.75) is 45.7 Å². The van der Waals surface area contributed by atoms with Crippen molar-refractivity contribution in [1.82, 2.24) is 0 Å². The lowest BCUT2D eigenvalue weighted by Crippen LogP contribution is -2.37. The highest BCUT2D eigenvalue weighted by molar-refractivity contribution is 7.92. The summed E-state index contributed by atoms with van der Waals surface area (Å²) in [6, 6.07) is 0. The van der Waals surface area contributed by atoms with Gasteiger partial charge in [0.1, 0.15) is 5.75 Å². The fourth-order valence-corrected chi connectivity index (χ4v) is 2.00. The first-order valence-electron chi connectivity index (χ1n) is 5.20. The molecule has 0 N–H and O–H groups in total. The van der Waals surface area contributed by atoms with Gasteiger partial charge in [0, 0.05) is 13.2 Å². The number of sulfone groups is 1. The maximum Gasteiger partial charge on any atom is 0.171 e. The zero-order chi connectivity index (χ0) is 12.1. The van der Waals surface area contributed by atoms with Crippen LogP contribution in [0, 0.1) is 0 Å². The molecule has 0 aliphatic rings.